The number of aromatic nitrogens is 1. The van der Waals surface area contributed by atoms with Crippen molar-refractivity contribution < 1.29 is 4.79 Å². The molecule has 0 spiro atoms. The Bertz CT molecular complexity index is 861. The van der Waals surface area contributed by atoms with Crippen molar-refractivity contribution >= 4 is 39.8 Å². The van der Waals surface area contributed by atoms with Gasteiger partial charge in [-0.05, 0) is 30.2 Å². The van der Waals surface area contributed by atoms with E-state index in [0.717, 1.165) is 24.1 Å². The van der Waals surface area contributed by atoms with Crippen molar-refractivity contribution in [1.82, 2.24) is 4.98 Å². The van der Waals surface area contributed by atoms with Crippen LogP contribution in [0.3, 0.4) is 0 Å². The molecule has 128 valence electrons. The number of carbonyl (C=O) groups excluding carboxylic acids is 1. The van der Waals surface area contributed by atoms with Crippen LogP contribution in [0.4, 0.5) is 15.6 Å². The highest BCUT2D eigenvalue weighted by molar-refractivity contribution is 7.14. The van der Waals surface area contributed by atoms with Crippen LogP contribution in [-0.4, -0.2) is 11.0 Å². The van der Waals surface area contributed by atoms with Gasteiger partial charge < -0.3 is 5.32 Å². The molecule has 0 saturated carbocycles. The van der Waals surface area contributed by atoms with Crippen LogP contribution in [0.1, 0.15) is 18.9 Å². The lowest BCUT2D eigenvalue weighted by Gasteiger charge is -2.05. The summed E-state index contributed by atoms with van der Waals surface area (Å²) in [5.41, 5.74) is 3.85. The average molecular weight is 372 g/mol. The van der Waals surface area contributed by atoms with Gasteiger partial charge in [0, 0.05) is 21.7 Å². The molecule has 2 amide bonds. The van der Waals surface area contributed by atoms with Crippen LogP contribution in [0, 0.1) is 0 Å². The number of anilines is 2. The standard InChI is InChI=1S/C19H18ClN3OS/c1-2-4-13-7-9-14(10-8-13)17-12-25-19(22-17)23-18(24)21-16-6-3-5-15(20)11-16/h3,5-12H,2,4H2,1H3,(H2,21,22,23,24). The summed E-state index contributed by atoms with van der Waals surface area (Å²) >= 11 is 7.30. The number of carbonyl (C=O) groups is 1. The summed E-state index contributed by atoms with van der Waals surface area (Å²) in [6.07, 6.45) is 2.21. The molecule has 0 radical (unpaired) electrons. The van der Waals surface area contributed by atoms with Gasteiger partial charge in [0.05, 0.1) is 5.69 Å². The van der Waals surface area contributed by atoms with Crippen molar-refractivity contribution in [2.24, 2.45) is 0 Å². The maximum atomic E-state index is 12.1. The van der Waals surface area contributed by atoms with Gasteiger partial charge in [0.1, 0.15) is 0 Å². The van der Waals surface area contributed by atoms with Crippen LogP contribution >= 0.6 is 22.9 Å². The number of nitrogens with one attached hydrogen (secondary N) is 2. The van der Waals surface area contributed by atoms with E-state index in [1.54, 1.807) is 24.3 Å². The Morgan fingerprint density at radius 1 is 1.16 bits per heavy atom. The molecule has 0 aliphatic heterocycles. The first-order valence-electron chi connectivity index (χ1n) is 8.02. The van der Waals surface area contributed by atoms with Crippen molar-refractivity contribution in [3.8, 4) is 11.3 Å². The number of thiazole rings is 1. The zero-order valence-electron chi connectivity index (χ0n) is 13.8. The quantitative estimate of drug-likeness (QED) is 0.572. The average Bonchev–Trinajstić information content (AvgIpc) is 3.04. The molecule has 0 atom stereocenters. The van der Waals surface area contributed by atoms with Crippen LogP contribution in [0.5, 0.6) is 0 Å². The van der Waals surface area contributed by atoms with Gasteiger partial charge in [-0.25, -0.2) is 9.78 Å². The number of rotatable bonds is 5. The maximum absolute atomic E-state index is 12.1. The second-order valence-corrected chi connectivity index (χ2v) is 6.87. The van der Waals surface area contributed by atoms with Gasteiger partial charge in [-0.3, -0.25) is 5.32 Å². The van der Waals surface area contributed by atoms with E-state index >= 15 is 0 Å². The zero-order chi connectivity index (χ0) is 17.6. The fourth-order valence-electron chi connectivity index (χ4n) is 2.42. The molecule has 0 fully saturated rings. The Labute approximate surface area is 155 Å². The van der Waals surface area contributed by atoms with Crippen LogP contribution in [0.25, 0.3) is 11.3 Å². The molecule has 0 aliphatic rings. The van der Waals surface area contributed by atoms with Gasteiger partial charge in [-0.2, -0.15) is 0 Å². The van der Waals surface area contributed by atoms with E-state index in [1.165, 1.54) is 16.9 Å². The number of hydrogen-bond donors (Lipinski definition) is 2. The third-order valence-electron chi connectivity index (χ3n) is 3.60. The molecule has 4 nitrogen and oxygen atoms in total. The zero-order valence-corrected chi connectivity index (χ0v) is 15.3. The number of benzene rings is 2. The second-order valence-electron chi connectivity index (χ2n) is 5.57. The first-order valence-corrected chi connectivity index (χ1v) is 9.28. The molecule has 0 bridgehead atoms. The molecule has 2 N–H and O–H groups in total. The molecule has 3 aromatic rings. The predicted octanol–water partition coefficient (Wildman–Crippen LogP) is 6.06. The Balaban J connectivity index is 1.64. The molecular formula is C19H18ClN3OS. The lowest BCUT2D eigenvalue weighted by atomic mass is 10.1. The highest BCUT2D eigenvalue weighted by Crippen LogP contribution is 2.25. The lowest BCUT2D eigenvalue weighted by Crippen LogP contribution is -2.19. The molecule has 2 aromatic carbocycles. The number of hydrogen-bond acceptors (Lipinski definition) is 3. The summed E-state index contributed by atoms with van der Waals surface area (Å²) in [5, 5.41) is 8.53. The topological polar surface area (TPSA) is 54.0 Å². The molecule has 0 unspecified atom stereocenters. The first-order chi connectivity index (χ1) is 12.1. The highest BCUT2D eigenvalue weighted by atomic mass is 35.5. The summed E-state index contributed by atoms with van der Waals surface area (Å²) in [6.45, 7) is 2.17. The molecule has 6 heteroatoms. The fourth-order valence-corrected chi connectivity index (χ4v) is 3.33. The van der Waals surface area contributed by atoms with E-state index in [1.807, 2.05) is 5.38 Å². The number of urea groups is 1. The van der Waals surface area contributed by atoms with Gasteiger partial charge in [0.15, 0.2) is 5.13 Å². The maximum Gasteiger partial charge on any atom is 0.325 e. The van der Waals surface area contributed by atoms with E-state index in [-0.39, 0.29) is 6.03 Å². The summed E-state index contributed by atoms with van der Waals surface area (Å²) < 4.78 is 0. The molecule has 1 heterocycles. The van der Waals surface area contributed by atoms with Crippen molar-refractivity contribution in [1.29, 1.82) is 0 Å². The Morgan fingerprint density at radius 2 is 1.96 bits per heavy atom. The molecule has 0 saturated heterocycles. The lowest BCUT2D eigenvalue weighted by molar-refractivity contribution is 0.262. The van der Waals surface area contributed by atoms with Crippen molar-refractivity contribution in [2.45, 2.75) is 19.8 Å². The molecule has 25 heavy (non-hydrogen) atoms. The van der Waals surface area contributed by atoms with Crippen LogP contribution < -0.4 is 10.6 Å². The van der Waals surface area contributed by atoms with Crippen molar-refractivity contribution in [3.05, 3.63) is 64.5 Å². The van der Waals surface area contributed by atoms with E-state index in [2.05, 4.69) is 46.8 Å². The molecule has 3 rings (SSSR count). The third kappa shape index (κ3) is 4.81. The monoisotopic (exact) mass is 371 g/mol. The highest BCUT2D eigenvalue weighted by Gasteiger charge is 2.08. The van der Waals surface area contributed by atoms with Crippen LogP contribution in [-0.2, 0) is 6.42 Å². The summed E-state index contributed by atoms with van der Waals surface area (Å²) in [5.74, 6) is 0. The van der Waals surface area contributed by atoms with Crippen LogP contribution in [0.2, 0.25) is 5.02 Å². The van der Waals surface area contributed by atoms with Gasteiger partial charge in [-0.1, -0.05) is 55.3 Å². The van der Waals surface area contributed by atoms with Gasteiger partial charge >= 0.3 is 6.03 Å². The minimum Gasteiger partial charge on any atom is -0.308 e. The SMILES string of the molecule is CCCc1ccc(-c2csc(NC(=O)Nc3cccc(Cl)c3)n2)cc1. The number of aryl methyl sites for hydroxylation is 1. The summed E-state index contributed by atoms with van der Waals surface area (Å²) in [7, 11) is 0. The largest absolute Gasteiger partial charge is 0.325 e. The normalized spacial score (nSPS) is 10.5. The van der Waals surface area contributed by atoms with Crippen LogP contribution in [0.15, 0.2) is 53.9 Å². The number of amides is 2. The Hall–Kier alpha value is -2.37. The van der Waals surface area contributed by atoms with E-state index in [9.17, 15) is 4.79 Å². The van der Waals surface area contributed by atoms with Gasteiger partial charge in [0.25, 0.3) is 0 Å². The van der Waals surface area contributed by atoms with E-state index in [4.69, 9.17) is 11.6 Å². The van der Waals surface area contributed by atoms with E-state index < -0.39 is 0 Å². The van der Waals surface area contributed by atoms with Crippen molar-refractivity contribution in [3.63, 3.8) is 0 Å². The second kappa shape index (κ2) is 8.14. The van der Waals surface area contributed by atoms with Gasteiger partial charge in [-0.15, -0.1) is 11.3 Å². The van der Waals surface area contributed by atoms with Gasteiger partial charge in [0.2, 0.25) is 0 Å². The fraction of sp³-hybridized carbons (Fsp3) is 0.158. The minimum atomic E-state index is -0.346. The van der Waals surface area contributed by atoms with Crippen molar-refractivity contribution in [2.75, 3.05) is 10.6 Å². The molecular weight excluding hydrogens is 354 g/mol. The Kier molecular flexibility index (Phi) is 5.68. The molecule has 0 aliphatic carbocycles. The smallest absolute Gasteiger partial charge is 0.308 e. The number of halogens is 1. The Morgan fingerprint density at radius 3 is 2.68 bits per heavy atom. The predicted molar refractivity (Wildman–Crippen MR) is 106 cm³/mol. The first kappa shape index (κ1) is 17.5. The third-order valence-corrected chi connectivity index (χ3v) is 4.59. The minimum absolute atomic E-state index is 0.346. The molecule has 1 aromatic heterocycles. The summed E-state index contributed by atoms with van der Waals surface area (Å²) in [4.78, 5) is 16.5. The summed E-state index contributed by atoms with van der Waals surface area (Å²) in [6, 6.07) is 15.0. The van der Waals surface area contributed by atoms with E-state index in [0.29, 0.717) is 15.8 Å². The number of nitrogens with zero attached hydrogens (tertiary/aromatic N) is 1.